The Kier molecular flexibility index (Phi) is 4.78. The summed E-state index contributed by atoms with van der Waals surface area (Å²) in [5.41, 5.74) is 5.29. The Balaban J connectivity index is 2.22. The van der Waals surface area contributed by atoms with Crippen LogP contribution in [0.3, 0.4) is 0 Å². The van der Waals surface area contributed by atoms with E-state index in [1.54, 1.807) is 0 Å². The molecule has 1 atom stereocenters. The van der Waals surface area contributed by atoms with Crippen LogP contribution >= 0.6 is 15.9 Å². The normalized spacial score (nSPS) is 12.4. The minimum atomic E-state index is 0.346. The molecule has 1 nitrogen and oxygen atoms in total. The molecule has 0 amide bonds. The Morgan fingerprint density at radius 2 is 1.68 bits per heavy atom. The molecule has 1 N–H and O–H groups in total. The van der Waals surface area contributed by atoms with E-state index in [1.807, 2.05) is 7.05 Å². The Labute approximate surface area is 124 Å². The van der Waals surface area contributed by atoms with Gasteiger partial charge in [0.15, 0.2) is 0 Å². The highest BCUT2D eigenvalue weighted by atomic mass is 79.9. The summed E-state index contributed by atoms with van der Waals surface area (Å²) in [6, 6.07) is 15.7. The predicted molar refractivity (Wildman–Crippen MR) is 85.6 cm³/mol. The van der Waals surface area contributed by atoms with Crippen molar-refractivity contribution < 1.29 is 0 Å². The van der Waals surface area contributed by atoms with Gasteiger partial charge >= 0.3 is 0 Å². The SMILES string of the molecule is CNC(Cc1ccc(C)cc1)c1cc(C)cc(Br)c1. The van der Waals surface area contributed by atoms with Crippen LogP contribution in [0.5, 0.6) is 0 Å². The molecule has 0 fully saturated rings. The Morgan fingerprint density at radius 3 is 2.26 bits per heavy atom. The third-order valence-electron chi connectivity index (χ3n) is 3.38. The van der Waals surface area contributed by atoms with Gasteiger partial charge in [0.2, 0.25) is 0 Å². The smallest absolute Gasteiger partial charge is 0.0358 e. The maximum atomic E-state index is 3.58. The van der Waals surface area contributed by atoms with Gasteiger partial charge in [-0.15, -0.1) is 0 Å². The van der Waals surface area contributed by atoms with Crippen LogP contribution in [0.4, 0.5) is 0 Å². The molecule has 1 unspecified atom stereocenters. The lowest BCUT2D eigenvalue weighted by molar-refractivity contribution is 0.591. The van der Waals surface area contributed by atoms with E-state index in [0.717, 1.165) is 10.9 Å². The van der Waals surface area contributed by atoms with Crippen molar-refractivity contribution in [3.8, 4) is 0 Å². The monoisotopic (exact) mass is 317 g/mol. The fraction of sp³-hybridized carbons (Fsp3) is 0.294. The van der Waals surface area contributed by atoms with Crippen molar-refractivity contribution in [1.29, 1.82) is 0 Å². The first kappa shape index (κ1) is 14.3. The molecule has 0 bridgehead atoms. The molecule has 0 saturated heterocycles. The molecule has 0 aliphatic heterocycles. The molecular formula is C17H20BrN. The van der Waals surface area contributed by atoms with Crippen LogP contribution in [0.1, 0.15) is 28.3 Å². The number of hydrogen-bond donors (Lipinski definition) is 1. The van der Waals surface area contributed by atoms with Gasteiger partial charge in [-0.3, -0.25) is 0 Å². The van der Waals surface area contributed by atoms with Gasteiger partial charge in [0.1, 0.15) is 0 Å². The topological polar surface area (TPSA) is 12.0 Å². The number of halogens is 1. The lowest BCUT2D eigenvalue weighted by Gasteiger charge is -2.18. The number of rotatable bonds is 4. The Bertz CT molecular complexity index is 525. The van der Waals surface area contributed by atoms with Gasteiger partial charge in [-0.1, -0.05) is 51.8 Å². The summed E-state index contributed by atoms with van der Waals surface area (Å²) < 4.78 is 1.15. The number of nitrogens with one attached hydrogen (secondary N) is 1. The van der Waals surface area contributed by atoms with Crippen molar-refractivity contribution in [3.63, 3.8) is 0 Å². The maximum absolute atomic E-state index is 3.58. The van der Waals surface area contributed by atoms with Crippen LogP contribution in [0, 0.1) is 13.8 Å². The van der Waals surface area contributed by atoms with Crippen LogP contribution in [0.15, 0.2) is 46.9 Å². The predicted octanol–water partition coefficient (Wildman–Crippen LogP) is 4.57. The molecule has 0 aliphatic carbocycles. The van der Waals surface area contributed by atoms with Gasteiger partial charge in [0.05, 0.1) is 0 Å². The minimum absolute atomic E-state index is 0.346. The van der Waals surface area contributed by atoms with Crippen molar-refractivity contribution in [2.45, 2.75) is 26.3 Å². The molecule has 0 heterocycles. The zero-order chi connectivity index (χ0) is 13.8. The first-order valence-corrected chi connectivity index (χ1v) is 7.37. The van der Waals surface area contributed by atoms with Crippen molar-refractivity contribution in [2.75, 3.05) is 7.05 Å². The minimum Gasteiger partial charge on any atom is -0.313 e. The van der Waals surface area contributed by atoms with E-state index in [0.29, 0.717) is 6.04 Å². The molecule has 0 saturated carbocycles. The van der Waals surface area contributed by atoms with Crippen LogP contribution in [0.25, 0.3) is 0 Å². The highest BCUT2D eigenvalue weighted by Gasteiger charge is 2.11. The van der Waals surface area contributed by atoms with E-state index in [4.69, 9.17) is 0 Å². The molecule has 0 aromatic heterocycles. The van der Waals surface area contributed by atoms with Gasteiger partial charge in [-0.2, -0.15) is 0 Å². The van der Waals surface area contributed by atoms with Crippen LogP contribution in [-0.4, -0.2) is 7.05 Å². The van der Waals surface area contributed by atoms with Gasteiger partial charge < -0.3 is 5.32 Å². The fourth-order valence-electron chi connectivity index (χ4n) is 2.31. The second kappa shape index (κ2) is 6.36. The van der Waals surface area contributed by atoms with Crippen molar-refractivity contribution in [2.24, 2.45) is 0 Å². The summed E-state index contributed by atoms with van der Waals surface area (Å²) >= 11 is 3.58. The first-order valence-electron chi connectivity index (χ1n) is 6.58. The van der Waals surface area contributed by atoms with E-state index in [9.17, 15) is 0 Å². The van der Waals surface area contributed by atoms with Gasteiger partial charge in [0.25, 0.3) is 0 Å². The lowest BCUT2D eigenvalue weighted by atomic mass is 9.97. The lowest BCUT2D eigenvalue weighted by Crippen LogP contribution is -2.19. The second-order valence-electron chi connectivity index (χ2n) is 5.09. The third kappa shape index (κ3) is 3.92. The zero-order valence-electron chi connectivity index (χ0n) is 11.7. The molecule has 0 aliphatic rings. The molecule has 2 aromatic carbocycles. The first-order chi connectivity index (χ1) is 9.08. The zero-order valence-corrected chi connectivity index (χ0v) is 13.3. The fourth-order valence-corrected chi connectivity index (χ4v) is 2.94. The summed E-state index contributed by atoms with van der Waals surface area (Å²) in [6.07, 6.45) is 1.01. The highest BCUT2D eigenvalue weighted by Crippen LogP contribution is 2.23. The number of aryl methyl sites for hydroxylation is 2. The summed E-state index contributed by atoms with van der Waals surface area (Å²) in [6.45, 7) is 4.25. The van der Waals surface area contributed by atoms with E-state index in [-0.39, 0.29) is 0 Å². The van der Waals surface area contributed by atoms with Gasteiger partial charge in [-0.05, 0) is 56.1 Å². The number of hydrogen-bond acceptors (Lipinski definition) is 1. The number of benzene rings is 2. The Morgan fingerprint density at radius 1 is 1.00 bits per heavy atom. The molecule has 0 radical (unpaired) electrons. The van der Waals surface area contributed by atoms with Gasteiger partial charge in [-0.25, -0.2) is 0 Å². The summed E-state index contributed by atoms with van der Waals surface area (Å²) in [4.78, 5) is 0. The van der Waals surface area contributed by atoms with Crippen molar-refractivity contribution in [1.82, 2.24) is 5.32 Å². The quantitative estimate of drug-likeness (QED) is 0.871. The highest BCUT2D eigenvalue weighted by molar-refractivity contribution is 9.10. The number of likely N-dealkylation sites (N-methyl/N-ethyl adjacent to an activating group) is 1. The summed E-state index contributed by atoms with van der Waals surface area (Å²) in [5.74, 6) is 0. The van der Waals surface area contributed by atoms with E-state index < -0.39 is 0 Å². The van der Waals surface area contributed by atoms with E-state index in [2.05, 4.69) is 77.6 Å². The third-order valence-corrected chi connectivity index (χ3v) is 3.83. The summed E-state index contributed by atoms with van der Waals surface area (Å²) in [5, 5.41) is 3.42. The standard InChI is InChI=1S/C17H20BrN/c1-12-4-6-14(7-5-12)10-17(19-3)15-8-13(2)9-16(18)11-15/h4-9,11,17,19H,10H2,1-3H3. The average molecular weight is 318 g/mol. The maximum Gasteiger partial charge on any atom is 0.0358 e. The van der Waals surface area contributed by atoms with Crippen molar-refractivity contribution in [3.05, 3.63) is 69.2 Å². The molecule has 2 aromatic rings. The van der Waals surface area contributed by atoms with Crippen LogP contribution in [-0.2, 0) is 6.42 Å². The molecule has 0 spiro atoms. The van der Waals surface area contributed by atoms with E-state index in [1.165, 1.54) is 22.3 Å². The largest absolute Gasteiger partial charge is 0.313 e. The molecule has 2 heteroatoms. The summed E-state index contributed by atoms with van der Waals surface area (Å²) in [7, 11) is 2.02. The van der Waals surface area contributed by atoms with Crippen molar-refractivity contribution >= 4 is 15.9 Å². The second-order valence-corrected chi connectivity index (χ2v) is 6.01. The van der Waals surface area contributed by atoms with Crippen LogP contribution in [0.2, 0.25) is 0 Å². The van der Waals surface area contributed by atoms with E-state index >= 15 is 0 Å². The molecule has 100 valence electrons. The van der Waals surface area contributed by atoms with Gasteiger partial charge in [0, 0.05) is 10.5 Å². The Hall–Kier alpha value is -1.12. The average Bonchev–Trinajstić information content (AvgIpc) is 2.37. The molecule has 2 rings (SSSR count). The molecular weight excluding hydrogens is 298 g/mol. The molecule has 19 heavy (non-hydrogen) atoms. The van der Waals surface area contributed by atoms with Crippen LogP contribution < -0.4 is 5.32 Å².